The maximum absolute atomic E-state index is 5.98. The van der Waals surface area contributed by atoms with E-state index in [0.29, 0.717) is 5.54 Å². The largest absolute Gasteiger partial charge is 0.349 e. The minimum Gasteiger partial charge on any atom is -0.349 e. The summed E-state index contributed by atoms with van der Waals surface area (Å²) in [5.74, 6) is 0. The normalized spacial score (nSPS) is 19.3. The predicted octanol–water partition coefficient (Wildman–Crippen LogP) is 2.39. The van der Waals surface area contributed by atoms with E-state index in [2.05, 4.69) is 42.9 Å². The lowest BCUT2D eigenvalue weighted by molar-refractivity contribution is 0.0683. The number of nitrogens with two attached hydrogens (primary N) is 1. The van der Waals surface area contributed by atoms with E-state index in [9.17, 15) is 0 Å². The number of thiazole rings is 1. The van der Waals surface area contributed by atoms with Gasteiger partial charge in [-0.25, -0.2) is 4.98 Å². The van der Waals surface area contributed by atoms with Gasteiger partial charge >= 0.3 is 0 Å². The van der Waals surface area contributed by atoms with Crippen LogP contribution in [0.25, 0.3) is 0 Å². The van der Waals surface area contributed by atoms with E-state index < -0.39 is 0 Å². The first-order chi connectivity index (χ1) is 8.85. The van der Waals surface area contributed by atoms with Crippen LogP contribution in [0.3, 0.4) is 0 Å². The first-order valence-electron chi connectivity index (χ1n) is 6.97. The Bertz CT molecular complexity index is 435. The van der Waals surface area contributed by atoms with Gasteiger partial charge in [-0.05, 0) is 47.2 Å². The second kappa shape index (κ2) is 5.38. The van der Waals surface area contributed by atoms with E-state index in [0.717, 1.165) is 17.4 Å². The van der Waals surface area contributed by atoms with Crippen LogP contribution in [0.4, 0.5) is 5.13 Å². The highest BCUT2D eigenvalue weighted by atomic mass is 32.1. The SMILES string of the molecule is Cc1nc(N(C)CC2(N(C)C)CCC2)sc1C(C)N. The number of aromatic nitrogens is 1. The maximum Gasteiger partial charge on any atom is 0.185 e. The van der Waals surface area contributed by atoms with E-state index in [1.54, 1.807) is 11.3 Å². The average Bonchev–Trinajstić information content (AvgIpc) is 2.65. The summed E-state index contributed by atoms with van der Waals surface area (Å²) in [5.41, 5.74) is 7.40. The van der Waals surface area contributed by atoms with E-state index in [4.69, 9.17) is 5.73 Å². The van der Waals surface area contributed by atoms with Gasteiger partial charge in [0.05, 0.1) is 5.69 Å². The molecular weight excluding hydrogens is 256 g/mol. The number of hydrogen-bond donors (Lipinski definition) is 1. The highest BCUT2D eigenvalue weighted by Crippen LogP contribution is 2.38. The van der Waals surface area contributed by atoms with Crippen LogP contribution in [-0.4, -0.2) is 43.1 Å². The summed E-state index contributed by atoms with van der Waals surface area (Å²) >= 11 is 1.73. The molecule has 1 heterocycles. The Morgan fingerprint density at radius 1 is 1.37 bits per heavy atom. The van der Waals surface area contributed by atoms with Crippen LogP contribution in [-0.2, 0) is 0 Å². The van der Waals surface area contributed by atoms with Crippen molar-refractivity contribution >= 4 is 16.5 Å². The Kier molecular flexibility index (Phi) is 4.18. The number of aryl methyl sites for hydroxylation is 1. The third kappa shape index (κ3) is 2.78. The van der Waals surface area contributed by atoms with Gasteiger partial charge in [-0.2, -0.15) is 0 Å². The first kappa shape index (κ1) is 14.8. The zero-order valence-corrected chi connectivity index (χ0v) is 13.5. The second-order valence-corrected chi connectivity index (χ2v) is 7.07. The van der Waals surface area contributed by atoms with Crippen molar-refractivity contribution in [3.05, 3.63) is 10.6 Å². The van der Waals surface area contributed by atoms with Crippen molar-refractivity contribution < 1.29 is 0 Å². The molecule has 1 aromatic rings. The lowest BCUT2D eigenvalue weighted by Crippen LogP contribution is -2.56. The fourth-order valence-electron chi connectivity index (χ4n) is 2.82. The van der Waals surface area contributed by atoms with Crippen molar-refractivity contribution in [1.82, 2.24) is 9.88 Å². The molecule has 1 unspecified atom stereocenters. The molecular formula is C14H26N4S. The zero-order valence-electron chi connectivity index (χ0n) is 12.7. The van der Waals surface area contributed by atoms with Crippen molar-refractivity contribution in [3.8, 4) is 0 Å². The van der Waals surface area contributed by atoms with E-state index in [1.807, 2.05) is 6.92 Å². The second-order valence-electron chi connectivity index (χ2n) is 6.06. The average molecular weight is 282 g/mol. The summed E-state index contributed by atoms with van der Waals surface area (Å²) in [6.45, 7) is 5.13. The van der Waals surface area contributed by atoms with Crippen molar-refractivity contribution in [1.29, 1.82) is 0 Å². The van der Waals surface area contributed by atoms with Crippen LogP contribution in [0.15, 0.2) is 0 Å². The van der Waals surface area contributed by atoms with Crippen molar-refractivity contribution in [2.75, 3.05) is 32.6 Å². The highest BCUT2D eigenvalue weighted by molar-refractivity contribution is 7.15. The lowest BCUT2D eigenvalue weighted by atomic mass is 9.75. The van der Waals surface area contributed by atoms with Gasteiger partial charge in [0.15, 0.2) is 5.13 Å². The third-order valence-corrected chi connectivity index (χ3v) is 5.80. The van der Waals surface area contributed by atoms with Gasteiger partial charge in [0.25, 0.3) is 0 Å². The summed E-state index contributed by atoms with van der Waals surface area (Å²) in [4.78, 5) is 10.6. The van der Waals surface area contributed by atoms with Gasteiger partial charge in [0.2, 0.25) is 0 Å². The summed E-state index contributed by atoms with van der Waals surface area (Å²) in [6, 6.07) is 0.0751. The predicted molar refractivity (Wildman–Crippen MR) is 83.0 cm³/mol. The summed E-state index contributed by atoms with van der Waals surface area (Å²) in [7, 11) is 6.52. The third-order valence-electron chi connectivity index (χ3n) is 4.33. The molecule has 19 heavy (non-hydrogen) atoms. The van der Waals surface area contributed by atoms with Gasteiger partial charge in [0, 0.05) is 30.1 Å². The topological polar surface area (TPSA) is 45.4 Å². The molecule has 1 aromatic heterocycles. The van der Waals surface area contributed by atoms with Gasteiger partial charge in [-0.15, -0.1) is 11.3 Å². The Morgan fingerprint density at radius 3 is 2.37 bits per heavy atom. The Balaban J connectivity index is 2.11. The number of hydrogen-bond acceptors (Lipinski definition) is 5. The molecule has 0 radical (unpaired) electrons. The fourth-order valence-corrected chi connectivity index (χ4v) is 3.80. The molecule has 2 rings (SSSR count). The quantitative estimate of drug-likeness (QED) is 0.901. The van der Waals surface area contributed by atoms with E-state index >= 15 is 0 Å². The molecule has 0 saturated heterocycles. The molecule has 1 aliphatic rings. The Morgan fingerprint density at radius 2 is 2.00 bits per heavy atom. The fraction of sp³-hybridized carbons (Fsp3) is 0.786. The summed E-state index contributed by atoms with van der Waals surface area (Å²) < 4.78 is 0. The van der Waals surface area contributed by atoms with E-state index in [-0.39, 0.29) is 6.04 Å². The van der Waals surface area contributed by atoms with Gasteiger partial charge < -0.3 is 15.5 Å². The molecule has 0 aliphatic heterocycles. The smallest absolute Gasteiger partial charge is 0.185 e. The van der Waals surface area contributed by atoms with Gasteiger partial charge in [0.1, 0.15) is 0 Å². The molecule has 1 saturated carbocycles. The molecule has 108 valence electrons. The lowest BCUT2D eigenvalue weighted by Gasteiger charge is -2.49. The molecule has 1 aliphatic carbocycles. The Hall–Kier alpha value is -0.650. The number of nitrogens with zero attached hydrogens (tertiary/aromatic N) is 3. The molecule has 1 atom stereocenters. The van der Waals surface area contributed by atoms with Gasteiger partial charge in [-0.1, -0.05) is 0 Å². The first-order valence-corrected chi connectivity index (χ1v) is 7.79. The van der Waals surface area contributed by atoms with Crippen LogP contribution >= 0.6 is 11.3 Å². The zero-order chi connectivity index (χ0) is 14.2. The van der Waals surface area contributed by atoms with Crippen molar-refractivity contribution in [2.45, 2.75) is 44.7 Å². The number of likely N-dealkylation sites (N-methyl/N-ethyl adjacent to an activating group) is 2. The van der Waals surface area contributed by atoms with Crippen LogP contribution in [0.2, 0.25) is 0 Å². The molecule has 0 aromatic carbocycles. The summed E-state index contributed by atoms with van der Waals surface area (Å²) in [5, 5.41) is 1.10. The summed E-state index contributed by atoms with van der Waals surface area (Å²) in [6.07, 6.45) is 3.91. The van der Waals surface area contributed by atoms with E-state index in [1.165, 1.54) is 24.1 Å². The van der Waals surface area contributed by atoms with Crippen molar-refractivity contribution in [3.63, 3.8) is 0 Å². The highest BCUT2D eigenvalue weighted by Gasteiger charge is 2.40. The van der Waals surface area contributed by atoms with Crippen LogP contribution in [0.1, 0.15) is 42.8 Å². The monoisotopic (exact) mass is 282 g/mol. The molecule has 2 N–H and O–H groups in total. The van der Waals surface area contributed by atoms with Crippen LogP contribution in [0, 0.1) is 6.92 Å². The molecule has 0 bridgehead atoms. The van der Waals surface area contributed by atoms with Crippen molar-refractivity contribution in [2.24, 2.45) is 5.73 Å². The molecule has 4 nitrogen and oxygen atoms in total. The minimum atomic E-state index is 0.0751. The standard InChI is InChI=1S/C14H26N4S/c1-10(15)12-11(2)16-13(19-12)18(5)9-14(17(3)4)7-6-8-14/h10H,6-9,15H2,1-5H3. The minimum absolute atomic E-state index is 0.0751. The number of rotatable bonds is 5. The number of anilines is 1. The Labute approximate surface area is 120 Å². The van der Waals surface area contributed by atoms with Gasteiger partial charge in [-0.3, -0.25) is 0 Å². The molecule has 5 heteroatoms. The van der Waals surface area contributed by atoms with Crippen LogP contribution in [0.5, 0.6) is 0 Å². The molecule has 0 spiro atoms. The van der Waals surface area contributed by atoms with Crippen LogP contribution < -0.4 is 10.6 Å². The molecule has 0 amide bonds. The molecule has 1 fully saturated rings. The maximum atomic E-state index is 5.98.